The summed E-state index contributed by atoms with van der Waals surface area (Å²) in [5.74, 6) is -1.05. The van der Waals surface area contributed by atoms with Gasteiger partial charge in [0.25, 0.3) is 5.91 Å². The van der Waals surface area contributed by atoms with Crippen LogP contribution in [0.15, 0.2) is 48.5 Å². The number of carbonyl (C=O) groups is 2. The molecule has 0 saturated carbocycles. The van der Waals surface area contributed by atoms with Crippen LogP contribution in [0.25, 0.3) is 0 Å². The Morgan fingerprint density at radius 3 is 2.44 bits per heavy atom. The highest BCUT2D eigenvalue weighted by Crippen LogP contribution is 2.17. The first kappa shape index (κ1) is 18.6. The number of rotatable bonds is 7. The van der Waals surface area contributed by atoms with Gasteiger partial charge in [0, 0.05) is 18.7 Å². The Hall–Kier alpha value is -2.73. The SMILES string of the molecule is Cc1ccc(C(=O)NCCNC(=O)CC(O)c2cccc(F)c2)cc1. The lowest BCUT2D eigenvalue weighted by Gasteiger charge is -2.12. The maximum absolute atomic E-state index is 13.1. The molecule has 0 fully saturated rings. The van der Waals surface area contributed by atoms with Crippen molar-refractivity contribution in [3.63, 3.8) is 0 Å². The Bertz CT molecular complexity index is 732. The monoisotopic (exact) mass is 344 g/mol. The second-order valence-electron chi connectivity index (χ2n) is 5.75. The molecule has 0 aromatic heterocycles. The molecule has 0 bridgehead atoms. The molecule has 2 aromatic carbocycles. The molecule has 3 N–H and O–H groups in total. The Balaban J connectivity index is 1.70. The standard InChI is InChI=1S/C19H21FN2O3/c1-13-5-7-14(8-6-13)19(25)22-10-9-21-18(24)12-17(23)15-3-2-4-16(20)11-15/h2-8,11,17,23H,9-10,12H2,1H3,(H,21,24)(H,22,25). The largest absolute Gasteiger partial charge is 0.388 e. The predicted molar refractivity (Wildman–Crippen MR) is 92.5 cm³/mol. The highest BCUT2D eigenvalue weighted by atomic mass is 19.1. The number of benzene rings is 2. The number of aliphatic hydroxyl groups excluding tert-OH is 1. The van der Waals surface area contributed by atoms with Crippen LogP contribution in [0.1, 0.15) is 34.0 Å². The molecule has 2 rings (SSSR count). The molecule has 2 aromatic rings. The molecule has 0 saturated heterocycles. The predicted octanol–water partition coefficient (Wildman–Crippen LogP) is 2.10. The van der Waals surface area contributed by atoms with Crippen molar-refractivity contribution in [1.29, 1.82) is 0 Å². The quantitative estimate of drug-likeness (QED) is 0.673. The molecular formula is C19H21FN2O3. The first-order chi connectivity index (χ1) is 12.0. The molecule has 132 valence electrons. The van der Waals surface area contributed by atoms with Gasteiger partial charge in [-0.15, -0.1) is 0 Å². The fourth-order valence-corrected chi connectivity index (χ4v) is 2.26. The third-order valence-electron chi connectivity index (χ3n) is 3.66. The van der Waals surface area contributed by atoms with Crippen molar-refractivity contribution in [2.45, 2.75) is 19.4 Å². The summed E-state index contributed by atoms with van der Waals surface area (Å²) >= 11 is 0. The highest BCUT2D eigenvalue weighted by molar-refractivity contribution is 5.94. The summed E-state index contributed by atoms with van der Waals surface area (Å²) in [6.07, 6.45) is -1.24. The average Bonchev–Trinajstić information content (AvgIpc) is 2.59. The third kappa shape index (κ3) is 6.00. The van der Waals surface area contributed by atoms with E-state index in [0.717, 1.165) is 5.56 Å². The van der Waals surface area contributed by atoms with Crippen LogP contribution in [-0.2, 0) is 4.79 Å². The van der Waals surface area contributed by atoms with E-state index in [9.17, 15) is 19.1 Å². The van der Waals surface area contributed by atoms with Crippen molar-refractivity contribution in [2.24, 2.45) is 0 Å². The summed E-state index contributed by atoms with van der Waals surface area (Å²) in [5, 5.41) is 15.2. The lowest BCUT2D eigenvalue weighted by atomic mass is 10.1. The van der Waals surface area contributed by atoms with Crippen molar-refractivity contribution >= 4 is 11.8 Å². The van der Waals surface area contributed by atoms with E-state index in [2.05, 4.69) is 10.6 Å². The fraction of sp³-hybridized carbons (Fsp3) is 0.263. The molecule has 0 aliphatic rings. The van der Waals surface area contributed by atoms with E-state index >= 15 is 0 Å². The molecule has 6 heteroatoms. The maximum Gasteiger partial charge on any atom is 0.251 e. The molecule has 0 aliphatic heterocycles. The van der Waals surface area contributed by atoms with Crippen molar-refractivity contribution < 1.29 is 19.1 Å². The van der Waals surface area contributed by atoms with E-state index < -0.39 is 11.9 Å². The number of nitrogens with one attached hydrogen (secondary N) is 2. The normalized spacial score (nSPS) is 11.6. The number of halogens is 1. The Morgan fingerprint density at radius 1 is 1.08 bits per heavy atom. The Morgan fingerprint density at radius 2 is 1.76 bits per heavy atom. The second kappa shape index (κ2) is 8.94. The van der Waals surface area contributed by atoms with E-state index in [4.69, 9.17) is 0 Å². The summed E-state index contributed by atoms with van der Waals surface area (Å²) in [6, 6.07) is 12.7. The van der Waals surface area contributed by atoms with Gasteiger partial charge >= 0.3 is 0 Å². The van der Waals surface area contributed by atoms with Crippen LogP contribution in [-0.4, -0.2) is 30.0 Å². The number of carbonyl (C=O) groups excluding carboxylic acids is 2. The minimum atomic E-state index is -1.07. The molecule has 0 heterocycles. The van der Waals surface area contributed by atoms with Crippen LogP contribution in [0.2, 0.25) is 0 Å². The maximum atomic E-state index is 13.1. The van der Waals surface area contributed by atoms with Gasteiger partial charge in [-0.1, -0.05) is 29.8 Å². The molecule has 0 aliphatic carbocycles. The molecule has 1 atom stereocenters. The van der Waals surface area contributed by atoms with E-state index in [0.29, 0.717) is 11.1 Å². The third-order valence-corrected chi connectivity index (χ3v) is 3.66. The molecule has 25 heavy (non-hydrogen) atoms. The smallest absolute Gasteiger partial charge is 0.251 e. The van der Waals surface area contributed by atoms with Gasteiger partial charge < -0.3 is 15.7 Å². The van der Waals surface area contributed by atoms with E-state index in [-0.39, 0.29) is 31.3 Å². The van der Waals surface area contributed by atoms with Crippen LogP contribution < -0.4 is 10.6 Å². The highest BCUT2D eigenvalue weighted by Gasteiger charge is 2.13. The van der Waals surface area contributed by atoms with Gasteiger partial charge in [-0.3, -0.25) is 9.59 Å². The molecular weight excluding hydrogens is 323 g/mol. The van der Waals surface area contributed by atoms with Gasteiger partial charge in [-0.2, -0.15) is 0 Å². The summed E-state index contributed by atoms with van der Waals surface area (Å²) in [6.45, 7) is 2.45. The lowest BCUT2D eigenvalue weighted by Crippen LogP contribution is -2.35. The fourth-order valence-electron chi connectivity index (χ4n) is 2.26. The van der Waals surface area contributed by atoms with E-state index in [1.165, 1.54) is 18.2 Å². The van der Waals surface area contributed by atoms with Gasteiger partial charge in [0.1, 0.15) is 5.82 Å². The first-order valence-corrected chi connectivity index (χ1v) is 8.01. The number of hydrogen-bond acceptors (Lipinski definition) is 3. The summed E-state index contributed by atoms with van der Waals surface area (Å²) in [4.78, 5) is 23.7. The molecule has 0 spiro atoms. The summed E-state index contributed by atoms with van der Waals surface area (Å²) in [5.41, 5.74) is 1.97. The number of hydrogen-bond donors (Lipinski definition) is 3. The Kier molecular flexibility index (Phi) is 6.65. The zero-order valence-corrected chi connectivity index (χ0v) is 14.0. The average molecular weight is 344 g/mol. The van der Waals surface area contributed by atoms with Gasteiger partial charge in [0.15, 0.2) is 0 Å². The van der Waals surface area contributed by atoms with E-state index in [1.54, 1.807) is 18.2 Å². The second-order valence-corrected chi connectivity index (χ2v) is 5.75. The van der Waals surface area contributed by atoms with Crippen molar-refractivity contribution in [3.05, 3.63) is 71.0 Å². The van der Waals surface area contributed by atoms with Crippen LogP contribution in [0.4, 0.5) is 4.39 Å². The van der Waals surface area contributed by atoms with Crippen LogP contribution in [0.3, 0.4) is 0 Å². The molecule has 1 unspecified atom stereocenters. The number of aryl methyl sites for hydroxylation is 1. The van der Waals surface area contributed by atoms with Crippen LogP contribution >= 0.6 is 0 Å². The summed E-state index contributed by atoms with van der Waals surface area (Å²) in [7, 11) is 0. The zero-order chi connectivity index (χ0) is 18.2. The minimum absolute atomic E-state index is 0.171. The van der Waals surface area contributed by atoms with Crippen molar-refractivity contribution in [1.82, 2.24) is 10.6 Å². The number of amides is 2. The van der Waals surface area contributed by atoms with Crippen LogP contribution in [0.5, 0.6) is 0 Å². The zero-order valence-electron chi connectivity index (χ0n) is 14.0. The first-order valence-electron chi connectivity index (χ1n) is 8.01. The Labute approximate surface area is 145 Å². The van der Waals surface area contributed by atoms with Crippen molar-refractivity contribution in [3.8, 4) is 0 Å². The van der Waals surface area contributed by atoms with Gasteiger partial charge in [0.05, 0.1) is 12.5 Å². The van der Waals surface area contributed by atoms with Crippen LogP contribution in [0, 0.1) is 12.7 Å². The van der Waals surface area contributed by atoms with Crippen molar-refractivity contribution in [2.75, 3.05) is 13.1 Å². The summed E-state index contributed by atoms with van der Waals surface area (Å²) < 4.78 is 13.1. The van der Waals surface area contributed by atoms with Gasteiger partial charge in [-0.25, -0.2) is 4.39 Å². The topological polar surface area (TPSA) is 78.4 Å². The van der Waals surface area contributed by atoms with E-state index in [1.807, 2.05) is 19.1 Å². The van der Waals surface area contributed by atoms with Gasteiger partial charge in [-0.05, 0) is 36.8 Å². The lowest BCUT2D eigenvalue weighted by molar-refractivity contribution is -0.123. The number of aliphatic hydroxyl groups is 1. The molecule has 2 amide bonds. The van der Waals surface area contributed by atoms with Gasteiger partial charge in [0.2, 0.25) is 5.91 Å². The molecule has 0 radical (unpaired) electrons. The molecule has 5 nitrogen and oxygen atoms in total. The minimum Gasteiger partial charge on any atom is -0.388 e.